The van der Waals surface area contributed by atoms with Crippen LogP contribution in [-0.4, -0.2) is 38.6 Å². The van der Waals surface area contributed by atoms with E-state index in [9.17, 15) is 35.9 Å². The number of rotatable bonds is 4. The summed E-state index contributed by atoms with van der Waals surface area (Å²) in [7, 11) is 1.67. The monoisotopic (exact) mass is 516 g/mol. The van der Waals surface area contributed by atoms with Crippen LogP contribution < -0.4 is 10.6 Å². The lowest BCUT2D eigenvalue weighted by atomic mass is 10.1. The van der Waals surface area contributed by atoms with Crippen molar-refractivity contribution < 1.29 is 45.8 Å². The van der Waals surface area contributed by atoms with Crippen LogP contribution in [0.25, 0.3) is 0 Å². The van der Waals surface area contributed by atoms with E-state index >= 15 is 0 Å². The molecule has 0 aliphatic heterocycles. The molecule has 0 bridgehead atoms. The number of nitrogens with zero attached hydrogens (tertiary/aromatic N) is 2. The third kappa shape index (κ3) is 7.58. The fourth-order valence-corrected chi connectivity index (χ4v) is 2.64. The Kier molecular flexibility index (Phi) is 8.46. The van der Waals surface area contributed by atoms with E-state index in [-0.39, 0.29) is 17.1 Å². The van der Waals surface area contributed by atoms with E-state index in [0.29, 0.717) is 11.3 Å². The van der Waals surface area contributed by atoms with Gasteiger partial charge in [-0.25, -0.2) is 9.78 Å². The van der Waals surface area contributed by atoms with Crippen molar-refractivity contribution in [2.24, 2.45) is 7.05 Å². The highest BCUT2D eigenvalue weighted by molar-refractivity contribution is 6.07. The second-order valence-electron chi connectivity index (χ2n) is 7.18. The Balaban J connectivity index is 0.000000572. The molecule has 1 aromatic heterocycles. The molecule has 0 aliphatic carbocycles. The number of nitrogens with one attached hydrogen (secondary N) is 2. The summed E-state index contributed by atoms with van der Waals surface area (Å²) >= 11 is 0. The minimum absolute atomic E-state index is 0.0176. The molecular weight excluding hydrogens is 498 g/mol. The molecule has 14 heteroatoms. The van der Waals surface area contributed by atoms with Crippen LogP contribution in [0.5, 0.6) is 0 Å². The molecule has 0 saturated heterocycles. The molecule has 36 heavy (non-hydrogen) atoms. The van der Waals surface area contributed by atoms with E-state index in [2.05, 4.69) is 15.6 Å². The predicted octanol–water partition coefficient (Wildman–Crippen LogP) is 4.89. The van der Waals surface area contributed by atoms with Gasteiger partial charge in [-0.05, 0) is 42.8 Å². The van der Waals surface area contributed by atoms with Crippen LogP contribution in [0.2, 0.25) is 0 Å². The number of carboxylic acid groups (broad SMARTS) is 1. The third-order valence-electron chi connectivity index (χ3n) is 4.46. The van der Waals surface area contributed by atoms with E-state index in [4.69, 9.17) is 9.90 Å². The first kappa shape index (κ1) is 27.9. The first-order chi connectivity index (χ1) is 16.6. The smallest absolute Gasteiger partial charge is 0.475 e. The van der Waals surface area contributed by atoms with Crippen LogP contribution in [0.4, 0.5) is 37.7 Å². The lowest BCUT2D eigenvalue weighted by Crippen LogP contribution is -2.21. The van der Waals surface area contributed by atoms with Crippen molar-refractivity contribution in [3.05, 3.63) is 77.4 Å². The first-order valence-corrected chi connectivity index (χ1v) is 9.77. The number of amides is 2. The molecule has 1 heterocycles. The van der Waals surface area contributed by atoms with Crippen LogP contribution in [-0.2, 0) is 18.0 Å². The highest BCUT2D eigenvalue weighted by Crippen LogP contribution is 2.30. The number of carbonyl (C=O) groups is 3. The van der Waals surface area contributed by atoms with Crippen LogP contribution in [0.3, 0.4) is 0 Å². The Hall–Kier alpha value is -4.36. The Labute approximate surface area is 199 Å². The van der Waals surface area contributed by atoms with Crippen LogP contribution in [0, 0.1) is 6.92 Å². The van der Waals surface area contributed by atoms with Crippen molar-refractivity contribution in [3.63, 3.8) is 0 Å². The standard InChI is InChI=1S/C20H17F3N4O2.C2HF3O2/c1-12-6-7-13(10-16(12)26-19(29)17-24-8-9-27(17)2)18(28)25-15-5-3-4-14(11-15)20(21,22)23;3-2(4,5)1(6)7/h3-11H,1-2H3,(H,25,28)(H,26,29);(H,6,7). The van der Waals surface area contributed by atoms with Crippen molar-refractivity contribution in [1.82, 2.24) is 9.55 Å². The van der Waals surface area contributed by atoms with E-state index in [0.717, 1.165) is 12.1 Å². The molecule has 0 fully saturated rings. The molecule has 3 aromatic rings. The molecule has 0 unspecified atom stereocenters. The molecule has 0 aliphatic rings. The minimum atomic E-state index is -5.08. The molecule has 8 nitrogen and oxygen atoms in total. The summed E-state index contributed by atoms with van der Waals surface area (Å²) in [5.41, 5.74) is 0.451. The fraction of sp³-hybridized carbons (Fsp3) is 0.182. The zero-order valence-electron chi connectivity index (χ0n) is 18.5. The quantitative estimate of drug-likeness (QED) is 0.428. The number of aryl methyl sites for hydroxylation is 2. The van der Waals surface area contributed by atoms with Crippen molar-refractivity contribution in [2.75, 3.05) is 10.6 Å². The van der Waals surface area contributed by atoms with Gasteiger partial charge in [-0.1, -0.05) is 12.1 Å². The van der Waals surface area contributed by atoms with Gasteiger partial charge < -0.3 is 20.3 Å². The lowest BCUT2D eigenvalue weighted by Gasteiger charge is -2.12. The van der Waals surface area contributed by atoms with E-state index in [1.165, 1.54) is 30.5 Å². The minimum Gasteiger partial charge on any atom is -0.475 e. The van der Waals surface area contributed by atoms with Crippen LogP contribution in [0.15, 0.2) is 54.9 Å². The lowest BCUT2D eigenvalue weighted by molar-refractivity contribution is -0.192. The summed E-state index contributed by atoms with van der Waals surface area (Å²) in [6.45, 7) is 1.75. The van der Waals surface area contributed by atoms with Crippen molar-refractivity contribution >= 4 is 29.2 Å². The third-order valence-corrected chi connectivity index (χ3v) is 4.46. The summed E-state index contributed by atoms with van der Waals surface area (Å²) in [5.74, 6) is -3.61. The zero-order chi connectivity index (χ0) is 27.3. The summed E-state index contributed by atoms with van der Waals surface area (Å²) in [4.78, 5) is 37.7. The number of hydrogen-bond acceptors (Lipinski definition) is 4. The fourth-order valence-electron chi connectivity index (χ4n) is 2.64. The summed E-state index contributed by atoms with van der Waals surface area (Å²) in [6.07, 6.45) is -6.48. The number of alkyl halides is 6. The van der Waals surface area contributed by atoms with Crippen molar-refractivity contribution in [3.8, 4) is 0 Å². The maximum absolute atomic E-state index is 12.8. The summed E-state index contributed by atoms with van der Waals surface area (Å²) in [6, 6.07) is 8.97. The number of halogens is 6. The highest BCUT2D eigenvalue weighted by atomic mass is 19.4. The van der Waals surface area contributed by atoms with Gasteiger partial charge in [-0.2, -0.15) is 26.3 Å². The first-order valence-electron chi connectivity index (χ1n) is 9.77. The van der Waals surface area contributed by atoms with Crippen molar-refractivity contribution in [1.29, 1.82) is 0 Å². The average molecular weight is 516 g/mol. The highest BCUT2D eigenvalue weighted by Gasteiger charge is 2.38. The number of carbonyl (C=O) groups excluding carboxylic acids is 2. The molecule has 0 radical (unpaired) electrons. The molecular formula is C22H18F6N4O4. The van der Waals surface area contributed by atoms with Gasteiger partial charge >= 0.3 is 18.3 Å². The molecule has 0 spiro atoms. The molecule has 2 amide bonds. The zero-order valence-corrected chi connectivity index (χ0v) is 18.5. The van der Waals surface area contributed by atoms with Crippen molar-refractivity contribution in [2.45, 2.75) is 19.3 Å². The number of anilines is 2. The van der Waals surface area contributed by atoms with Gasteiger partial charge in [0.2, 0.25) is 0 Å². The Morgan fingerprint density at radius 3 is 2.11 bits per heavy atom. The number of aromatic nitrogens is 2. The Morgan fingerprint density at radius 1 is 0.944 bits per heavy atom. The predicted molar refractivity (Wildman–Crippen MR) is 115 cm³/mol. The SMILES string of the molecule is Cc1ccc(C(=O)Nc2cccc(C(F)(F)F)c2)cc1NC(=O)c1nccn1C.O=C(O)C(F)(F)F. The number of carboxylic acids is 1. The van der Waals surface area contributed by atoms with Gasteiger partial charge in [0.15, 0.2) is 5.82 Å². The van der Waals surface area contributed by atoms with Gasteiger partial charge in [-0.3, -0.25) is 9.59 Å². The second-order valence-corrected chi connectivity index (χ2v) is 7.18. The molecule has 2 aromatic carbocycles. The molecule has 3 N–H and O–H groups in total. The molecule has 0 saturated carbocycles. The largest absolute Gasteiger partial charge is 0.490 e. The maximum Gasteiger partial charge on any atom is 0.490 e. The van der Waals surface area contributed by atoms with Gasteiger partial charge in [0, 0.05) is 36.4 Å². The number of hydrogen-bond donors (Lipinski definition) is 3. The molecule has 0 atom stereocenters. The normalized spacial score (nSPS) is 11.2. The van der Waals surface area contributed by atoms with E-state index < -0.39 is 35.7 Å². The van der Waals surface area contributed by atoms with E-state index in [1.54, 1.807) is 30.8 Å². The number of aliphatic carboxylic acids is 1. The van der Waals surface area contributed by atoms with E-state index in [1.807, 2.05) is 0 Å². The maximum atomic E-state index is 12.8. The molecule has 3 rings (SSSR count). The second kappa shape index (κ2) is 10.9. The van der Waals surface area contributed by atoms with Crippen LogP contribution >= 0.6 is 0 Å². The van der Waals surface area contributed by atoms with Gasteiger partial charge in [0.25, 0.3) is 11.8 Å². The summed E-state index contributed by atoms with van der Waals surface area (Å²) in [5, 5.41) is 12.3. The van der Waals surface area contributed by atoms with Crippen LogP contribution in [0.1, 0.15) is 32.1 Å². The van der Waals surface area contributed by atoms with Gasteiger partial charge in [0.1, 0.15) is 0 Å². The van der Waals surface area contributed by atoms with Gasteiger partial charge in [-0.15, -0.1) is 0 Å². The molecule has 192 valence electrons. The summed E-state index contributed by atoms with van der Waals surface area (Å²) < 4.78 is 71.8. The number of imidazole rings is 1. The topological polar surface area (TPSA) is 113 Å². The Morgan fingerprint density at radius 2 is 1.58 bits per heavy atom. The average Bonchev–Trinajstić information content (AvgIpc) is 3.20. The number of benzene rings is 2. The Bertz CT molecular complexity index is 1270. The van der Waals surface area contributed by atoms with Gasteiger partial charge in [0.05, 0.1) is 5.56 Å².